The second-order valence-corrected chi connectivity index (χ2v) is 19.3. The number of unbranched alkanes of at least 4 members (excludes halogenated alkanes) is 30. The summed E-state index contributed by atoms with van der Waals surface area (Å²) in [6.45, 7) is 6.48. The fraction of sp³-hybridized carbons (Fsp3) is 0.730. The summed E-state index contributed by atoms with van der Waals surface area (Å²) in [7, 11) is 0. The van der Waals surface area contributed by atoms with E-state index in [1.807, 2.05) is 0 Å². The molecule has 0 aromatic carbocycles. The Hall–Kier alpha value is -3.41. The lowest BCUT2D eigenvalue weighted by Gasteiger charge is -2.18. The number of hydrogen-bond donors (Lipinski definition) is 0. The molecule has 0 aromatic heterocycles. The molecule has 0 rings (SSSR count). The summed E-state index contributed by atoms with van der Waals surface area (Å²) in [5.74, 6) is -0.915. The maximum Gasteiger partial charge on any atom is 0.306 e. The fourth-order valence-electron chi connectivity index (χ4n) is 8.12. The van der Waals surface area contributed by atoms with Gasteiger partial charge in [0.1, 0.15) is 13.2 Å². The van der Waals surface area contributed by atoms with Gasteiger partial charge in [0.2, 0.25) is 0 Å². The molecule has 69 heavy (non-hydrogen) atoms. The van der Waals surface area contributed by atoms with Crippen LogP contribution in [0.3, 0.4) is 0 Å². The average Bonchev–Trinajstić information content (AvgIpc) is 3.35. The van der Waals surface area contributed by atoms with Gasteiger partial charge in [-0.25, -0.2) is 0 Å². The zero-order chi connectivity index (χ0) is 50.0. The van der Waals surface area contributed by atoms with E-state index in [-0.39, 0.29) is 31.1 Å². The normalized spacial score (nSPS) is 12.7. The molecule has 0 spiro atoms. The van der Waals surface area contributed by atoms with Crippen LogP contribution >= 0.6 is 0 Å². The standard InChI is InChI=1S/C63H108O6/c1-4-7-10-13-16-19-22-25-28-31-33-35-38-41-44-47-50-53-56-62(65)68-59-60(58-67-61(64)55-52-49-46-43-40-37-34-30-27-24-21-18-15-12-9-6-3)69-63(66)57-54-51-48-45-42-39-36-32-29-26-23-20-17-14-11-8-5-2/h9,12,16,18-19,21-22,25,27-28,30-31,33,35,60H,4-8,10-11,13-15,17,20,23-24,26,29,32,34,36-59H2,1-3H3/b12-9-,19-16-,21-18-,25-22-,30-27-,31-28-,35-33-. The summed E-state index contributed by atoms with van der Waals surface area (Å²) in [6, 6.07) is 0. The molecule has 0 amide bonds. The van der Waals surface area contributed by atoms with E-state index in [4.69, 9.17) is 14.2 Å². The highest BCUT2D eigenvalue weighted by atomic mass is 16.6. The highest BCUT2D eigenvalue weighted by molar-refractivity contribution is 5.71. The first-order valence-corrected chi connectivity index (χ1v) is 29.1. The van der Waals surface area contributed by atoms with Crippen molar-refractivity contribution in [3.05, 3.63) is 85.1 Å². The van der Waals surface area contributed by atoms with Crippen LogP contribution in [0, 0.1) is 0 Å². The monoisotopic (exact) mass is 961 g/mol. The molecule has 1 unspecified atom stereocenters. The molecule has 1 atom stereocenters. The smallest absolute Gasteiger partial charge is 0.306 e. The fourth-order valence-corrected chi connectivity index (χ4v) is 8.12. The third-order valence-electron chi connectivity index (χ3n) is 12.5. The van der Waals surface area contributed by atoms with Crippen molar-refractivity contribution < 1.29 is 28.6 Å². The van der Waals surface area contributed by atoms with Crippen LogP contribution in [0.15, 0.2) is 85.1 Å². The van der Waals surface area contributed by atoms with Gasteiger partial charge in [-0.05, 0) is 77.0 Å². The van der Waals surface area contributed by atoms with Crippen molar-refractivity contribution in [3.8, 4) is 0 Å². The molecule has 0 fully saturated rings. The Bertz CT molecular complexity index is 1330. The van der Waals surface area contributed by atoms with E-state index in [1.165, 1.54) is 128 Å². The first-order valence-electron chi connectivity index (χ1n) is 29.1. The predicted molar refractivity (Wildman–Crippen MR) is 297 cm³/mol. The summed E-state index contributed by atoms with van der Waals surface area (Å²) in [6.07, 6.45) is 74.2. The van der Waals surface area contributed by atoms with Crippen molar-refractivity contribution >= 4 is 17.9 Å². The molecule has 0 aliphatic heterocycles. The van der Waals surface area contributed by atoms with E-state index in [0.717, 1.165) is 109 Å². The van der Waals surface area contributed by atoms with E-state index < -0.39 is 6.10 Å². The third-order valence-corrected chi connectivity index (χ3v) is 12.5. The number of ether oxygens (including phenoxy) is 3. The van der Waals surface area contributed by atoms with Gasteiger partial charge in [-0.15, -0.1) is 0 Å². The summed E-state index contributed by atoms with van der Waals surface area (Å²) >= 11 is 0. The van der Waals surface area contributed by atoms with Crippen LogP contribution < -0.4 is 0 Å². The number of carbonyl (C=O) groups is 3. The van der Waals surface area contributed by atoms with Crippen LogP contribution in [0.25, 0.3) is 0 Å². The van der Waals surface area contributed by atoms with E-state index in [9.17, 15) is 14.4 Å². The van der Waals surface area contributed by atoms with E-state index in [0.29, 0.717) is 19.3 Å². The number of esters is 3. The molecule has 0 aliphatic rings. The van der Waals surface area contributed by atoms with Gasteiger partial charge in [-0.2, -0.15) is 0 Å². The Morgan fingerprint density at radius 2 is 0.623 bits per heavy atom. The minimum Gasteiger partial charge on any atom is -0.462 e. The highest BCUT2D eigenvalue weighted by Gasteiger charge is 2.19. The molecule has 0 radical (unpaired) electrons. The van der Waals surface area contributed by atoms with Crippen LogP contribution in [0.5, 0.6) is 0 Å². The number of hydrogen-bond acceptors (Lipinski definition) is 6. The molecule has 396 valence electrons. The maximum absolute atomic E-state index is 12.9. The molecule has 0 aliphatic carbocycles. The Labute approximate surface area is 426 Å². The molecule has 6 heteroatoms. The van der Waals surface area contributed by atoms with Gasteiger partial charge in [0.05, 0.1) is 0 Å². The van der Waals surface area contributed by atoms with Crippen molar-refractivity contribution in [2.45, 2.75) is 284 Å². The largest absolute Gasteiger partial charge is 0.462 e. The summed E-state index contributed by atoms with van der Waals surface area (Å²) < 4.78 is 16.9. The van der Waals surface area contributed by atoms with E-state index in [1.54, 1.807) is 0 Å². The van der Waals surface area contributed by atoms with Crippen molar-refractivity contribution in [2.75, 3.05) is 13.2 Å². The van der Waals surface area contributed by atoms with Crippen LogP contribution in [-0.2, 0) is 28.6 Å². The van der Waals surface area contributed by atoms with Crippen molar-refractivity contribution in [3.63, 3.8) is 0 Å². The third kappa shape index (κ3) is 55.4. The molecular formula is C63H108O6. The molecular weight excluding hydrogens is 853 g/mol. The number of allylic oxidation sites excluding steroid dienone is 14. The van der Waals surface area contributed by atoms with Gasteiger partial charge in [0.15, 0.2) is 6.10 Å². The SMILES string of the molecule is CC/C=C\C/C=C\C/C=C\CCCCCCCCC(=O)OCC(COC(=O)CCCCCCC\C=C/C=C\C=C/C=C\CCCCC)OC(=O)CCCCCCCCCCCCCCCCCCC. The van der Waals surface area contributed by atoms with Crippen molar-refractivity contribution in [1.29, 1.82) is 0 Å². The van der Waals surface area contributed by atoms with Crippen LogP contribution in [0.1, 0.15) is 278 Å². The van der Waals surface area contributed by atoms with E-state index >= 15 is 0 Å². The topological polar surface area (TPSA) is 78.9 Å². The van der Waals surface area contributed by atoms with E-state index in [2.05, 4.69) is 106 Å². The Kier molecular flexibility index (Phi) is 54.3. The molecule has 0 N–H and O–H groups in total. The zero-order valence-corrected chi connectivity index (χ0v) is 45.3. The molecule has 0 saturated carbocycles. The predicted octanol–water partition coefficient (Wildman–Crippen LogP) is 19.5. The number of rotatable bonds is 52. The first kappa shape index (κ1) is 65.6. The minimum absolute atomic E-state index is 0.0897. The lowest BCUT2D eigenvalue weighted by Crippen LogP contribution is -2.30. The summed E-state index contributed by atoms with van der Waals surface area (Å²) in [5.41, 5.74) is 0. The quantitative estimate of drug-likeness (QED) is 0.0199. The van der Waals surface area contributed by atoms with Crippen LogP contribution in [0.4, 0.5) is 0 Å². The average molecular weight is 962 g/mol. The minimum atomic E-state index is -0.791. The zero-order valence-electron chi connectivity index (χ0n) is 45.3. The first-order chi connectivity index (χ1) is 34.0. The molecule has 0 aromatic rings. The van der Waals surface area contributed by atoms with Gasteiger partial charge < -0.3 is 14.2 Å². The van der Waals surface area contributed by atoms with Gasteiger partial charge in [0.25, 0.3) is 0 Å². The number of carbonyl (C=O) groups excluding carboxylic acids is 3. The lowest BCUT2D eigenvalue weighted by molar-refractivity contribution is -0.167. The van der Waals surface area contributed by atoms with Gasteiger partial charge >= 0.3 is 17.9 Å². The van der Waals surface area contributed by atoms with Crippen molar-refractivity contribution in [1.82, 2.24) is 0 Å². The molecule has 0 heterocycles. The van der Waals surface area contributed by atoms with Crippen LogP contribution in [-0.4, -0.2) is 37.2 Å². The van der Waals surface area contributed by atoms with Crippen molar-refractivity contribution in [2.24, 2.45) is 0 Å². The summed E-state index contributed by atoms with van der Waals surface area (Å²) in [5, 5.41) is 0. The Balaban J connectivity index is 4.44. The molecule has 0 saturated heterocycles. The lowest BCUT2D eigenvalue weighted by atomic mass is 10.0. The molecule has 6 nitrogen and oxygen atoms in total. The van der Waals surface area contributed by atoms with Crippen LogP contribution in [0.2, 0.25) is 0 Å². The highest BCUT2D eigenvalue weighted by Crippen LogP contribution is 2.16. The van der Waals surface area contributed by atoms with Gasteiger partial charge in [0, 0.05) is 19.3 Å². The van der Waals surface area contributed by atoms with Gasteiger partial charge in [-0.3, -0.25) is 14.4 Å². The maximum atomic E-state index is 12.9. The van der Waals surface area contributed by atoms with Gasteiger partial charge in [-0.1, -0.05) is 266 Å². The Morgan fingerprint density at radius 3 is 1.04 bits per heavy atom. The molecule has 0 bridgehead atoms. The second-order valence-electron chi connectivity index (χ2n) is 19.3. The Morgan fingerprint density at radius 1 is 0.319 bits per heavy atom. The second kappa shape index (κ2) is 57.2. The summed E-state index contributed by atoms with van der Waals surface area (Å²) in [4.78, 5) is 38.2.